The fourth-order valence-electron chi connectivity index (χ4n) is 2.30. The normalized spacial score (nSPS) is 11.4. The van der Waals surface area contributed by atoms with Crippen LogP contribution in [0.5, 0.6) is 0 Å². The number of hydrogen-bond donors (Lipinski definition) is 0. The Morgan fingerprint density at radius 1 is 1.08 bits per heavy atom. The van der Waals surface area contributed by atoms with Crippen molar-refractivity contribution in [1.82, 2.24) is 19.6 Å². The van der Waals surface area contributed by atoms with Gasteiger partial charge in [0.1, 0.15) is 10.7 Å². The molecule has 0 aliphatic heterocycles. The molecule has 5 nitrogen and oxygen atoms in total. The number of benzene rings is 1. The van der Waals surface area contributed by atoms with Gasteiger partial charge in [-0.25, -0.2) is 4.98 Å². The molecule has 0 N–H and O–H groups in total. The predicted molar refractivity (Wildman–Crippen MR) is 95.7 cm³/mol. The number of hydrogen-bond acceptors (Lipinski definition) is 5. The van der Waals surface area contributed by atoms with Crippen LogP contribution >= 0.6 is 11.3 Å². The summed E-state index contributed by atoms with van der Waals surface area (Å²) in [6.07, 6.45) is 6.42. The van der Waals surface area contributed by atoms with Gasteiger partial charge in [-0.15, -0.1) is 0 Å². The zero-order chi connectivity index (χ0) is 17.2. The Kier molecular flexibility index (Phi) is 3.91. The minimum atomic E-state index is -0.928. The van der Waals surface area contributed by atoms with E-state index in [1.807, 2.05) is 36.4 Å². The Hall–Kier alpha value is -3.19. The van der Waals surface area contributed by atoms with Crippen molar-refractivity contribution in [3.63, 3.8) is 0 Å². The number of halogens is 1. The second-order valence-electron chi connectivity index (χ2n) is 5.20. The third-order valence-corrected chi connectivity index (χ3v) is 4.48. The first-order valence-corrected chi connectivity index (χ1v) is 8.27. The van der Waals surface area contributed by atoms with Crippen molar-refractivity contribution >= 4 is 28.4 Å². The molecule has 0 unspecified atom stereocenters. The average Bonchev–Trinajstić information content (AvgIpc) is 3.09. The van der Waals surface area contributed by atoms with Crippen LogP contribution < -0.4 is 5.56 Å². The van der Waals surface area contributed by atoms with Gasteiger partial charge in [-0.05, 0) is 17.7 Å². The lowest BCUT2D eigenvalue weighted by Crippen LogP contribution is -2.20. The van der Waals surface area contributed by atoms with Gasteiger partial charge >= 0.3 is 5.56 Å². The lowest BCUT2D eigenvalue weighted by atomic mass is 10.2. The fourth-order valence-corrected chi connectivity index (χ4v) is 3.20. The third-order valence-electron chi connectivity index (χ3n) is 3.52. The molecule has 0 radical (unpaired) electrons. The molecule has 4 aromatic rings. The smallest absolute Gasteiger partial charge is 0.264 e. The van der Waals surface area contributed by atoms with Crippen LogP contribution in [0.1, 0.15) is 11.3 Å². The molecule has 122 valence electrons. The highest BCUT2D eigenvalue weighted by atomic mass is 32.1. The maximum Gasteiger partial charge on any atom is 0.311 e. The second-order valence-corrected chi connectivity index (χ2v) is 6.16. The van der Waals surface area contributed by atoms with Gasteiger partial charge in [0.15, 0.2) is 0 Å². The second kappa shape index (κ2) is 6.37. The minimum absolute atomic E-state index is 0.0166. The molecule has 7 heteroatoms. The summed E-state index contributed by atoms with van der Waals surface area (Å²) in [6, 6.07) is 13.0. The molecule has 0 saturated heterocycles. The van der Waals surface area contributed by atoms with E-state index in [2.05, 4.69) is 15.1 Å². The Balaban J connectivity index is 1.81. The first kappa shape index (κ1) is 15.3. The molecule has 1 aromatic carbocycles. The number of pyridine rings is 1. The van der Waals surface area contributed by atoms with E-state index < -0.39 is 11.4 Å². The highest BCUT2D eigenvalue weighted by Crippen LogP contribution is 2.24. The van der Waals surface area contributed by atoms with E-state index in [9.17, 15) is 9.18 Å². The first-order valence-electron chi connectivity index (χ1n) is 7.45. The van der Waals surface area contributed by atoms with E-state index in [1.165, 1.54) is 17.4 Å². The van der Waals surface area contributed by atoms with Crippen LogP contribution in [0, 0.1) is 5.82 Å². The molecular weight excluding hydrogens is 339 g/mol. The molecule has 3 heterocycles. The van der Waals surface area contributed by atoms with Crippen molar-refractivity contribution in [3.05, 3.63) is 82.3 Å². The Morgan fingerprint density at radius 3 is 2.68 bits per heavy atom. The molecule has 0 saturated carbocycles. The zero-order valence-electron chi connectivity index (χ0n) is 12.8. The maximum absolute atomic E-state index is 14.3. The van der Waals surface area contributed by atoms with Crippen molar-refractivity contribution in [3.8, 4) is 10.6 Å². The summed E-state index contributed by atoms with van der Waals surface area (Å²) >= 11 is 1.24. The summed E-state index contributed by atoms with van der Waals surface area (Å²) in [6.45, 7) is 0. The summed E-state index contributed by atoms with van der Waals surface area (Å²) < 4.78 is 15.4. The van der Waals surface area contributed by atoms with Gasteiger partial charge in [-0.1, -0.05) is 53.8 Å². The molecule has 0 atom stereocenters. The minimum Gasteiger partial charge on any atom is -0.264 e. The first-order chi connectivity index (χ1) is 12.2. The quantitative estimate of drug-likeness (QED) is 0.567. The van der Waals surface area contributed by atoms with Gasteiger partial charge in [0.25, 0.3) is 0 Å². The van der Waals surface area contributed by atoms with Crippen LogP contribution in [0.2, 0.25) is 0 Å². The molecule has 0 fully saturated rings. The molecule has 0 aliphatic carbocycles. The standard InChI is InChI=1S/C18H11FN4OS/c19-15-14(9-8-12-5-4-10-20-11-12)21-18-23(17(15)24)22-16(25-18)13-6-2-1-3-7-13/h1-11H/b9-8+. The fraction of sp³-hybridized carbons (Fsp3) is 0. The molecule has 0 amide bonds. The summed E-state index contributed by atoms with van der Waals surface area (Å²) in [4.78, 5) is 20.8. The Morgan fingerprint density at radius 2 is 1.92 bits per heavy atom. The van der Waals surface area contributed by atoms with Crippen LogP contribution in [0.15, 0.2) is 59.7 Å². The van der Waals surface area contributed by atoms with Gasteiger partial charge in [0.2, 0.25) is 10.8 Å². The Bertz CT molecular complexity index is 1120. The van der Waals surface area contributed by atoms with Crippen LogP contribution in [0.25, 0.3) is 27.7 Å². The van der Waals surface area contributed by atoms with Gasteiger partial charge in [0.05, 0.1) is 0 Å². The van der Waals surface area contributed by atoms with Crippen molar-refractivity contribution in [1.29, 1.82) is 0 Å². The van der Waals surface area contributed by atoms with Crippen LogP contribution in [-0.4, -0.2) is 19.6 Å². The molecule has 25 heavy (non-hydrogen) atoms. The number of aromatic nitrogens is 4. The maximum atomic E-state index is 14.3. The van der Waals surface area contributed by atoms with Crippen molar-refractivity contribution in [2.75, 3.05) is 0 Å². The van der Waals surface area contributed by atoms with Crippen molar-refractivity contribution in [2.45, 2.75) is 0 Å². The molecule has 0 bridgehead atoms. The highest BCUT2D eigenvalue weighted by Gasteiger charge is 2.15. The van der Waals surface area contributed by atoms with Crippen molar-refractivity contribution in [2.24, 2.45) is 0 Å². The van der Waals surface area contributed by atoms with Crippen LogP contribution in [0.4, 0.5) is 4.39 Å². The summed E-state index contributed by atoms with van der Waals surface area (Å²) in [5.41, 5.74) is 0.815. The Labute approximate surface area is 145 Å². The lowest BCUT2D eigenvalue weighted by molar-refractivity contribution is 0.588. The van der Waals surface area contributed by atoms with E-state index in [1.54, 1.807) is 24.5 Å². The van der Waals surface area contributed by atoms with Crippen LogP contribution in [0.3, 0.4) is 0 Å². The monoisotopic (exact) mass is 350 g/mol. The molecule has 4 rings (SSSR count). The van der Waals surface area contributed by atoms with E-state index in [-0.39, 0.29) is 5.69 Å². The predicted octanol–water partition coefficient (Wildman–Crippen LogP) is 3.52. The summed E-state index contributed by atoms with van der Waals surface area (Å²) in [5, 5.41) is 4.80. The number of fused-ring (bicyclic) bond motifs is 1. The van der Waals surface area contributed by atoms with Gasteiger partial charge in [-0.2, -0.15) is 14.0 Å². The van der Waals surface area contributed by atoms with E-state index in [0.717, 1.165) is 15.6 Å². The highest BCUT2D eigenvalue weighted by molar-refractivity contribution is 7.19. The molecule has 3 aromatic heterocycles. The van der Waals surface area contributed by atoms with E-state index >= 15 is 0 Å². The largest absolute Gasteiger partial charge is 0.311 e. The third kappa shape index (κ3) is 2.97. The average molecular weight is 350 g/mol. The summed E-state index contributed by atoms with van der Waals surface area (Å²) in [5.74, 6) is -0.928. The molecule has 0 aliphatic rings. The van der Waals surface area contributed by atoms with Crippen LogP contribution in [-0.2, 0) is 0 Å². The lowest BCUT2D eigenvalue weighted by Gasteiger charge is -1.96. The van der Waals surface area contributed by atoms with Gasteiger partial charge < -0.3 is 0 Å². The molecule has 0 spiro atoms. The van der Waals surface area contributed by atoms with E-state index in [0.29, 0.717) is 9.97 Å². The SMILES string of the molecule is O=c1c(F)c(/C=C/c2cccnc2)nc2sc(-c3ccccc3)nn12. The number of nitrogens with zero attached hydrogens (tertiary/aromatic N) is 4. The number of rotatable bonds is 3. The van der Waals surface area contributed by atoms with Crippen molar-refractivity contribution < 1.29 is 4.39 Å². The van der Waals surface area contributed by atoms with E-state index in [4.69, 9.17) is 0 Å². The zero-order valence-corrected chi connectivity index (χ0v) is 13.7. The molecular formula is C18H11FN4OS. The summed E-state index contributed by atoms with van der Waals surface area (Å²) in [7, 11) is 0. The topological polar surface area (TPSA) is 60.2 Å². The van der Waals surface area contributed by atoms with Gasteiger partial charge in [0, 0.05) is 18.0 Å². The van der Waals surface area contributed by atoms with Gasteiger partial charge in [-0.3, -0.25) is 9.78 Å².